The van der Waals surface area contributed by atoms with Crippen LogP contribution in [0.5, 0.6) is 0 Å². The van der Waals surface area contributed by atoms with Crippen LogP contribution in [0.4, 0.5) is 11.4 Å². The molecule has 1 amide bonds. The van der Waals surface area contributed by atoms with E-state index in [0.29, 0.717) is 13.2 Å². The third-order valence-electron chi connectivity index (χ3n) is 4.47. The lowest BCUT2D eigenvalue weighted by Gasteiger charge is -2.30. The molecule has 25 heavy (non-hydrogen) atoms. The van der Waals surface area contributed by atoms with E-state index >= 15 is 0 Å². The summed E-state index contributed by atoms with van der Waals surface area (Å²) >= 11 is 0. The molecule has 1 aliphatic carbocycles. The highest BCUT2D eigenvalue weighted by Gasteiger charge is 2.34. The Labute approximate surface area is 149 Å². The van der Waals surface area contributed by atoms with Gasteiger partial charge in [0, 0.05) is 32.1 Å². The Bertz CT molecular complexity index is 712. The van der Waals surface area contributed by atoms with E-state index in [1.54, 1.807) is 0 Å². The van der Waals surface area contributed by atoms with Gasteiger partial charge in [0.15, 0.2) is 0 Å². The number of ether oxygens (including phenoxy) is 1. The maximum atomic E-state index is 12.3. The van der Waals surface area contributed by atoms with Crippen molar-refractivity contribution in [3.8, 4) is 0 Å². The smallest absolute Gasteiger partial charge is 0.225 e. The number of carbonyl (C=O) groups is 1. The van der Waals surface area contributed by atoms with E-state index in [1.165, 1.54) is 10.6 Å². The van der Waals surface area contributed by atoms with Gasteiger partial charge < -0.3 is 15.0 Å². The minimum absolute atomic E-state index is 0.0726. The van der Waals surface area contributed by atoms with Crippen molar-refractivity contribution in [2.75, 3.05) is 49.3 Å². The van der Waals surface area contributed by atoms with Gasteiger partial charge in [-0.05, 0) is 25.0 Å². The highest BCUT2D eigenvalue weighted by molar-refractivity contribution is 7.88. The van der Waals surface area contributed by atoms with Crippen LogP contribution in [-0.2, 0) is 19.6 Å². The van der Waals surface area contributed by atoms with Crippen molar-refractivity contribution in [1.82, 2.24) is 4.31 Å². The number of hydrogen-bond donors (Lipinski definition) is 1. The third kappa shape index (κ3) is 4.93. The minimum Gasteiger partial charge on any atom is -0.378 e. The molecule has 0 spiro atoms. The molecule has 2 aliphatic rings. The average Bonchev–Trinajstić information content (AvgIpc) is 3.40. The SMILES string of the molecule is CS(=O)(=O)N(CCC(=O)Nc1ccccc1N1CCOCC1)C1CC1. The zero-order chi connectivity index (χ0) is 17.9. The normalized spacial score (nSPS) is 18.4. The van der Waals surface area contributed by atoms with E-state index in [4.69, 9.17) is 4.74 Å². The van der Waals surface area contributed by atoms with Crippen LogP contribution in [0.2, 0.25) is 0 Å². The summed E-state index contributed by atoms with van der Waals surface area (Å²) in [5.41, 5.74) is 1.73. The maximum Gasteiger partial charge on any atom is 0.225 e. The molecular formula is C17H25N3O4S. The predicted molar refractivity (Wildman–Crippen MR) is 97.3 cm³/mol. The Kier molecular flexibility index (Phi) is 5.61. The topological polar surface area (TPSA) is 79.0 Å². The van der Waals surface area contributed by atoms with Crippen molar-refractivity contribution in [2.24, 2.45) is 0 Å². The molecule has 0 radical (unpaired) electrons. The largest absolute Gasteiger partial charge is 0.378 e. The van der Waals surface area contributed by atoms with Crippen molar-refractivity contribution in [3.05, 3.63) is 24.3 Å². The molecule has 2 fully saturated rings. The fourth-order valence-corrected chi connectivity index (χ4v) is 4.24. The van der Waals surface area contributed by atoms with Crippen LogP contribution in [0.3, 0.4) is 0 Å². The van der Waals surface area contributed by atoms with Crippen LogP contribution in [0.25, 0.3) is 0 Å². The summed E-state index contributed by atoms with van der Waals surface area (Å²) in [5.74, 6) is -0.171. The molecule has 0 atom stereocenters. The van der Waals surface area contributed by atoms with E-state index in [-0.39, 0.29) is 24.9 Å². The molecule has 7 nitrogen and oxygen atoms in total. The van der Waals surface area contributed by atoms with Crippen molar-refractivity contribution < 1.29 is 17.9 Å². The maximum absolute atomic E-state index is 12.3. The number of benzene rings is 1. The molecule has 8 heteroatoms. The van der Waals surface area contributed by atoms with Crippen molar-refractivity contribution >= 4 is 27.3 Å². The van der Waals surface area contributed by atoms with Crippen LogP contribution in [0, 0.1) is 0 Å². The summed E-state index contributed by atoms with van der Waals surface area (Å²) in [6.45, 7) is 3.15. The molecule has 0 aromatic heterocycles. The summed E-state index contributed by atoms with van der Waals surface area (Å²) in [6.07, 6.45) is 3.13. The summed E-state index contributed by atoms with van der Waals surface area (Å²) in [5, 5.41) is 2.93. The molecule has 3 rings (SSSR count). The van der Waals surface area contributed by atoms with Gasteiger partial charge in [-0.15, -0.1) is 0 Å². The van der Waals surface area contributed by atoms with Gasteiger partial charge in [0.05, 0.1) is 30.8 Å². The van der Waals surface area contributed by atoms with Gasteiger partial charge in [0.1, 0.15) is 0 Å². The van der Waals surface area contributed by atoms with Gasteiger partial charge >= 0.3 is 0 Å². The third-order valence-corrected chi connectivity index (χ3v) is 5.80. The zero-order valence-electron chi connectivity index (χ0n) is 14.5. The van der Waals surface area contributed by atoms with Gasteiger partial charge in [-0.3, -0.25) is 4.79 Å². The Morgan fingerprint density at radius 2 is 1.96 bits per heavy atom. The van der Waals surface area contributed by atoms with Crippen LogP contribution in [0.15, 0.2) is 24.3 Å². The molecular weight excluding hydrogens is 342 g/mol. The Morgan fingerprint density at radius 3 is 2.60 bits per heavy atom. The van der Waals surface area contributed by atoms with E-state index in [2.05, 4.69) is 10.2 Å². The summed E-state index contributed by atoms with van der Waals surface area (Å²) in [7, 11) is -3.26. The number of sulfonamides is 1. The second-order valence-electron chi connectivity index (χ2n) is 6.52. The van der Waals surface area contributed by atoms with Gasteiger partial charge in [-0.1, -0.05) is 12.1 Å². The van der Waals surface area contributed by atoms with E-state index < -0.39 is 10.0 Å². The molecule has 138 valence electrons. The standard InChI is InChI=1S/C17H25N3O4S/c1-25(22,23)20(14-6-7-14)9-8-17(21)18-15-4-2-3-5-16(15)19-10-12-24-13-11-19/h2-5,14H,6-13H2,1H3,(H,18,21). The summed E-state index contributed by atoms with van der Waals surface area (Å²) in [6, 6.07) is 7.75. The minimum atomic E-state index is -3.26. The number of nitrogens with one attached hydrogen (secondary N) is 1. The molecule has 1 aliphatic heterocycles. The lowest BCUT2D eigenvalue weighted by Crippen LogP contribution is -2.37. The molecule has 1 N–H and O–H groups in total. The van der Waals surface area contributed by atoms with Gasteiger partial charge in [0.2, 0.25) is 15.9 Å². The Balaban J connectivity index is 1.61. The Morgan fingerprint density at radius 1 is 1.28 bits per heavy atom. The monoisotopic (exact) mass is 367 g/mol. The Hall–Kier alpha value is -1.64. The lowest BCUT2D eigenvalue weighted by atomic mass is 10.2. The number of nitrogens with zero attached hydrogens (tertiary/aromatic N) is 2. The number of morpholine rings is 1. The molecule has 1 heterocycles. The van der Waals surface area contributed by atoms with Gasteiger partial charge in [-0.2, -0.15) is 4.31 Å². The molecule has 1 aromatic carbocycles. The molecule has 1 aromatic rings. The molecule has 1 saturated heterocycles. The average molecular weight is 367 g/mol. The van der Waals surface area contributed by atoms with Crippen LogP contribution in [0.1, 0.15) is 19.3 Å². The summed E-state index contributed by atoms with van der Waals surface area (Å²) < 4.78 is 30.5. The quantitative estimate of drug-likeness (QED) is 0.785. The van der Waals surface area contributed by atoms with E-state index in [0.717, 1.165) is 37.3 Å². The highest BCUT2D eigenvalue weighted by atomic mass is 32.2. The fourth-order valence-electron chi connectivity index (χ4n) is 3.07. The number of para-hydroxylation sites is 2. The van der Waals surface area contributed by atoms with Crippen molar-refractivity contribution in [1.29, 1.82) is 0 Å². The van der Waals surface area contributed by atoms with Crippen molar-refractivity contribution in [3.63, 3.8) is 0 Å². The number of anilines is 2. The zero-order valence-corrected chi connectivity index (χ0v) is 15.3. The number of carbonyl (C=O) groups excluding carboxylic acids is 1. The molecule has 1 saturated carbocycles. The van der Waals surface area contributed by atoms with Crippen molar-refractivity contribution in [2.45, 2.75) is 25.3 Å². The first-order valence-corrected chi connectivity index (χ1v) is 10.5. The molecule has 0 bridgehead atoms. The molecule has 0 unspecified atom stereocenters. The first-order chi connectivity index (χ1) is 11.9. The van der Waals surface area contributed by atoms with Crippen LogP contribution >= 0.6 is 0 Å². The van der Waals surface area contributed by atoms with E-state index in [9.17, 15) is 13.2 Å². The fraction of sp³-hybridized carbons (Fsp3) is 0.588. The van der Waals surface area contributed by atoms with Crippen LogP contribution < -0.4 is 10.2 Å². The number of rotatable bonds is 7. The number of hydrogen-bond acceptors (Lipinski definition) is 5. The first kappa shape index (κ1) is 18.2. The predicted octanol–water partition coefficient (Wildman–Crippen LogP) is 1.28. The van der Waals surface area contributed by atoms with Gasteiger partial charge in [0.25, 0.3) is 0 Å². The van der Waals surface area contributed by atoms with Gasteiger partial charge in [-0.25, -0.2) is 8.42 Å². The second-order valence-corrected chi connectivity index (χ2v) is 8.45. The second kappa shape index (κ2) is 7.72. The summed E-state index contributed by atoms with van der Waals surface area (Å²) in [4.78, 5) is 14.5. The highest BCUT2D eigenvalue weighted by Crippen LogP contribution is 2.29. The first-order valence-electron chi connectivity index (χ1n) is 8.63. The lowest BCUT2D eigenvalue weighted by molar-refractivity contribution is -0.116. The number of amides is 1. The van der Waals surface area contributed by atoms with E-state index in [1.807, 2.05) is 24.3 Å². The van der Waals surface area contributed by atoms with Crippen LogP contribution in [-0.4, -0.2) is 63.8 Å².